The van der Waals surface area contributed by atoms with Gasteiger partial charge in [-0.2, -0.15) is 0 Å². The van der Waals surface area contributed by atoms with Crippen LogP contribution in [0.1, 0.15) is 46.5 Å². The highest BCUT2D eigenvalue weighted by Crippen LogP contribution is 2.58. The number of fused-ring (bicyclic) bond motifs is 2. The molecule has 0 amide bonds. The fraction of sp³-hybridized carbons (Fsp3) is 0.737. The van der Waals surface area contributed by atoms with Crippen molar-refractivity contribution in [2.24, 2.45) is 23.2 Å². The van der Waals surface area contributed by atoms with E-state index in [2.05, 4.69) is 13.5 Å². The van der Waals surface area contributed by atoms with Gasteiger partial charge in [0.25, 0.3) is 0 Å². The van der Waals surface area contributed by atoms with Crippen LogP contribution in [0.25, 0.3) is 0 Å². The van der Waals surface area contributed by atoms with Crippen LogP contribution in [-0.4, -0.2) is 36.7 Å². The van der Waals surface area contributed by atoms with Crippen molar-refractivity contribution in [3.05, 3.63) is 12.2 Å². The summed E-state index contributed by atoms with van der Waals surface area (Å²) in [6.07, 6.45) is 2.48. The normalized spacial score (nSPS) is 39.9. The molecule has 2 aliphatic carbocycles. The van der Waals surface area contributed by atoms with E-state index in [9.17, 15) is 14.4 Å². The Morgan fingerprint density at radius 1 is 1.28 bits per heavy atom. The zero-order valence-corrected chi connectivity index (χ0v) is 15.1. The molecule has 138 valence electrons. The SMILES string of the molecule is C=C1C(=O)O[C@@H]2C[C@H](C)[C@@H]3CC[C@H](OC(C)=O)[C@@]3(COC(C)=O)C[C@H]12. The minimum absolute atomic E-state index is 0.119. The van der Waals surface area contributed by atoms with Gasteiger partial charge in [-0.1, -0.05) is 13.5 Å². The van der Waals surface area contributed by atoms with Crippen LogP contribution in [0.4, 0.5) is 0 Å². The molecule has 0 aromatic rings. The molecule has 6 nitrogen and oxygen atoms in total. The lowest BCUT2D eigenvalue weighted by Crippen LogP contribution is -2.45. The molecule has 3 rings (SSSR count). The lowest BCUT2D eigenvalue weighted by molar-refractivity contribution is -0.163. The highest BCUT2D eigenvalue weighted by molar-refractivity contribution is 5.90. The molecule has 0 aromatic carbocycles. The molecule has 6 atom stereocenters. The van der Waals surface area contributed by atoms with Crippen molar-refractivity contribution in [3.8, 4) is 0 Å². The maximum Gasteiger partial charge on any atom is 0.334 e. The first-order valence-electron chi connectivity index (χ1n) is 8.95. The summed E-state index contributed by atoms with van der Waals surface area (Å²) >= 11 is 0. The molecule has 3 fully saturated rings. The summed E-state index contributed by atoms with van der Waals surface area (Å²) < 4.78 is 16.6. The van der Waals surface area contributed by atoms with E-state index in [0.717, 1.165) is 19.3 Å². The highest BCUT2D eigenvalue weighted by atomic mass is 16.6. The summed E-state index contributed by atoms with van der Waals surface area (Å²) in [6, 6.07) is 0. The van der Waals surface area contributed by atoms with Gasteiger partial charge in [-0.05, 0) is 37.5 Å². The molecule has 3 aliphatic rings. The minimum Gasteiger partial charge on any atom is -0.465 e. The summed E-state index contributed by atoms with van der Waals surface area (Å²) in [5.74, 6) is -0.637. The number of hydrogen-bond acceptors (Lipinski definition) is 6. The Morgan fingerprint density at radius 3 is 2.64 bits per heavy atom. The van der Waals surface area contributed by atoms with Crippen molar-refractivity contribution in [2.75, 3.05) is 6.61 Å². The molecular weight excluding hydrogens is 324 g/mol. The molecule has 1 aliphatic heterocycles. The first-order valence-corrected chi connectivity index (χ1v) is 8.95. The van der Waals surface area contributed by atoms with Gasteiger partial charge in [-0.15, -0.1) is 0 Å². The number of esters is 3. The summed E-state index contributed by atoms with van der Waals surface area (Å²) in [6.45, 7) is 9.04. The number of ether oxygens (including phenoxy) is 3. The van der Waals surface area contributed by atoms with Gasteiger partial charge in [0.2, 0.25) is 0 Å². The fourth-order valence-electron chi connectivity index (χ4n) is 5.23. The molecule has 0 aromatic heterocycles. The second-order valence-electron chi connectivity index (χ2n) is 7.79. The van der Waals surface area contributed by atoms with Crippen molar-refractivity contribution < 1.29 is 28.6 Å². The third-order valence-corrected chi connectivity index (χ3v) is 6.28. The van der Waals surface area contributed by atoms with E-state index in [-0.39, 0.29) is 54.5 Å². The van der Waals surface area contributed by atoms with Crippen molar-refractivity contribution in [1.29, 1.82) is 0 Å². The molecule has 1 heterocycles. The van der Waals surface area contributed by atoms with E-state index in [0.29, 0.717) is 12.0 Å². The van der Waals surface area contributed by atoms with Crippen LogP contribution >= 0.6 is 0 Å². The Bertz CT molecular complexity index is 611. The predicted molar refractivity (Wildman–Crippen MR) is 88.3 cm³/mol. The average molecular weight is 350 g/mol. The predicted octanol–water partition coefficient (Wildman–Crippen LogP) is 2.41. The fourth-order valence-corrected chi connectivity index (χ4v) is 5.23. The molecule has 25 heavy (non-hydrogen) atoms. The maximum atomic E-state index is 12.0. The first-order chi connectivity index (χ1) is 11.7. The van der Waals surface area contributed by atoms with Gasteiger partial charge in [-0.3, -0.25) is 9.59 Å². The van der Waals surface area contributed by atoms with E-state index in [1.165, 1.54) is 13.8 Å². The van der Waals surface area contributed by atoms with E-state index in [1.54, 1.807) is 0 Å². The summed E-state index contributed by atoms with van der Waals surface area (Å²) in [5, 5.41) is 0. The minimum atomic E-state index is -0.493. The summed E-state index contributed by atoms with van der Waals surface area (Å²) in [5.41, 5.74) is -0.0128. The van der Waals surface area contributed by atoms with Crippen LogP contribution in [-0.2, 0) is 28.6 Å². The Kier molecular flexibility index (Phi) is 4.64. The molecule has 1 saturated heterocycles. The van der Waals surface area contributed by atoms with E-state index < -0.39 is 5.41 Å². The second-order valence-corrected chi connectivity index (χ2v) is 7.79. The lowest BCUT2D eigenvalue weighted by atomic mass is 9.68. The Hall–Kier alpha value is -1.85. The van der Waals surface area contributed by atoms with Crippen molar-refractivity contribution in [2.45, 2.75) is 58.7 Å². The molecule has 0 bridgehead atoms. The number of rotatable bonds is 3. The number of hydrogen-bond donors (Lipinski definition) is 0. The molecule has 0 N–H and O–H groups in total. The highest BCUT2D eigenvalue weighted by Gasteiger charge is 2.60. The van der Waals surface area contributed by atoms with E-state index >= 15 is 0 Å². The van der Waals surface area contributed by atoms with Gasteiger partial charge < -0.3 is 14.2 Å². The number of carbonyl (C=O) groups excluding carboxylic acids is 3. The zero-order valence-electron chi connectivity index (χ0n) is 15.1. The second kappa shape index (κ2) is 6.46. The van der Waals surface area contributed by atoms with Crippen LogP contribution < -0.4 is 0 Å². The van der Waals surface area contributed by atoms with Gasteiger partial charge in [0.05, 0.1) is 0 Å². The van der Waals surface area contributed by atoms with E-state index in [4.69, 9.17) is 14.2 Å². The Balaban J connectivity index is 1.99. The molecule has 6 heteroatoms. The topological polar surface area (TPSA) is 78.9 Å². The van der Waals surface area contributed by atoms with Crippen molar-refractivity contribution in [1.82, 2.24) is 0 Å². The van der Waals surface area contributed by atoms with Crippen LogP contribution in [0.5, 0.6) is 0 Å². The monoisotopic (exact) mass is 350 g/mol. The smallest absolute Gasteiger partial charge is 0.334 e. The lowest BCUT2D eigenvalue weighted by Gasteiger charge is -2.40. The van der Waals surface area contributed by atoms with Gasteiger partial charge >= 0.3 is 17.9 Å². The van der Waals surface area contributed by atoms with Crippen LogP contribution in [0, 0.1) is 23.2 Å². The molecule has 0 unspecified atom stereocenters. The van der Waals surface area contributed by atoms with Crippen LogP contribution in [0.3, 0.4) is 0 Å². The first kappa shape index (κ1) is 18.0. The zero-order chi connectivity index (χ0) is 18.4. The standard InChI is InChI=1S/C19H26O6/c1-10-7-16-14(11(2)18(22)25-16)8-19(9-23-12(3)20)15(10)5-6-17(19)24-13(4)21/h10,14-17H,2,5-9H2,1,3-4H3/t10-,14+,15-,16+,17-,19+/m0/s1. The van der Waals surface area contributed by atoms with Gasteiger partial charge in [0.1, 0.15) is 18.8 Å². The summed E-state index contributed by atoms with van der Waals surface area (Å²) in [4.78, 5) is 35.1. The van der Waals surface area contributed by atoms with E-state index in [1.807, 2.05) is 0 Å². The molecule has 2 saturated carbocycles. The molecule has 0 spiro atoms. The third kappa shape index (κ3) is 3.07. The Morgan fingerprint density at radius 2 is 2.00 bits per heavy atom. The van der Waals surface area contributed by atoms with Gasteiger partial charge in [0, 0.05) is 30.8 Å². The number of carbonyl (C=O) groups is 3. The van der Waals surface area contributed by atoms with Crippen molar-refractivity contribution in [3.63, 3.8) is 0 Å². The van der Waals surface area contributed by atoms with Crippen molar-refractivity contribution >= 4 is 17.9 Å². The third-order valence-electron chi connectivity index (χ3n) is 6.28. The quantitative estimate of drug-likeness (QED) is 0.442. The van der Waals surface area contributed by atoms with Crippen LogP contribution in [0.2, 0.25) is 0 Å². The van der Waals surface area contributed by atoms with Crippen LogP contribution in [0.15, 0.2) is 12.2 Å². The van der Waals surface area contributed by atoms with Gasteiger partial charge in [-0.25, -0.2) is 4.79 Å². The average Bonchev–Trinajstić information content (AvgIpc) is 2.94. The molecular formula is C19H26O6. The largest absolute Gasteiger partial charge is 0.465 e. The Labute approximate surface area is 147 Å². The maximum absolute atomic E-state index is 12.0. The van der Waals surface area contributed by atoms with Gasteiger partial charge in [0.15, 0.2) is 0 Å². The molecule has 0 radical (unpaired) electrons. The summed E-state index contributed by atoms with van der Waals surface area (Å²) in [7, 11) is 0.